The second kappa shape index (κ2) is 7.54. The summed E-state index contributed by atoms with van der Waals surface area (Å²) in [6.45, 7) is 6.37. The van der Waals surface area contributed by atoms with E-state index < -0.39 is 5.97 Å². The van der Waals surface area contributed by atoms with Crippen LogP contribution in [0.5, 0.6) is 0 Å². The van der Waals surface area contributed by atoms with Crippen molar-refractivity contribution in [1.82, 2.24) is 4.90 Å². The van der Waals surface area contributed by atoms with Crippen molar-refractivity contribution in [1.29, 1.82) is 0 Å². The molecule has 1 aliphatic heterocycles. The molecule has 1 aromatic rings. The van der Waals surface area contributed by atoms with Crippen LogP contribution >= 0.6 is 0 Å². The Morgan fingerprint density at radius 3 is 2.55 bits per heavy atom. The van der Waals surface area contributed by atoms with Gasteiger partial charge in [-0.05, 0) is 30.9 Å². The number of piperidine rings is 1. The normalized spacial score (nSPS) is 19.3. The molecule has 1 heterocycles. The lowest BCUT2D eigenvalue weighted by molar-refractivity contribution is -0.143. The molecule has 1 unspecified atom stereocenters. The quantitative estimate of drug-likeness (QED) is 0.820. The van der Waals surface area contributed by atoms with Crippen molar-refractivity contribution in [3.05, 3.63) is 35.4 Å². The van der Waals surface area contributed by atoms with Gasteiger partial charge in [0.15, 0.2) is 5.78 Å². The Labute approximate surface area is 132 Å². The smallest absolute Gasteiger partial charge is 0.307 e. The predicted molar refractivity (Wildman–Crippen MR) is 86.3 cm³/mol. The molecule has 0 aromatic heterocycles. The lowest BCUT2D eigenvalue weighted by atomic mass is 9.97. The standard InChI is InChI=1S/C18H25NO3/c1-13(2)14-5-7-15(8-6-14)17(20)9-11-19-10-3-4-16(12-19)18(21)22/h5-8,13,16H,3-4,9-12H2,1-2H3,(H,21,22). The van der Waals surface area contributed by atoms with Crippen molar-refractivity contribution in [2.24, 2.45) is 5.92 Å². The summed E-state index contributed by atoms with van der Waals surface area (Å²) >= 11 is 0. The van der Waals surface area contributed by atoms with Crippen molar-refractivity contribution in [2.75, 3.05) is 19.6 Å². The number of carbonyl (C=O) groups is 2. The fourth-order valence-electron chi connectivity index (χ4n) is 2.92. The lowest BCUT2D eigenvalue weighted by Gasteiger charge is -2.30. The first-order valence-electron chi connectivity index (χ1n) is 8.05. The molecule has 4 heteroatoms. The average molecular weight is 303 g/mol. The van der Waals surface area contributed by atoms with Gasteiger partial charge in [0.2, 0.25) is 0 Å². The molecule has 1 aliphatic rings. The van der Waals surface area contributed by atoms with Crippen LogP contribution in [0.2, 0.25) is 0 Å². The number of nitrogens with zero attached hydrogens (tertiary/aromatic N) is 1. The summed E-state index contributed by atoms with van der Waals surface area (Å²) < 4.78 is 0. The number of aliphatic carboxylic acids is 1. The summed E-state index contributed by atoms with van der Waals surface area (Å²) in [7, 11) is 0. The highest BCUT2D eigenvalue weighted by Crippen LogP contribution is 2.18. The third-order valence-corrected chi connectivity index (χ3v) is 4.41. The molecule has 1 aromatic carbocycles. The SMILES string of the molecule is CC(C)c1ccc(C(=O)CCN2CCCC(C(=O)O)C2)cc1. The monoisotopic (exact) mass is 303 g/mol. The van der Waals surface area contributed by atoms with Gasteiger partial charge in [0.1, 0.15) is 0 Å². The third kappa shape index (κ3) is 4.41. The topological polar surface area (TPSA) is 57.6 Å². The number of carbonyl (C=O) groups excluding carboxylic acids is 1. The van der Waals surface area contributed by atoms with Gasteiger partial charge in [-0.3, -0.25) is 9.59 Å². The number of carboxylic acids is 1. The van der Waals surface area contributed by atoms with Gasteiger partial charge in [0, 0.05) is 25.1 Å². The van der Waals surface area contributed by atoms with Crippen LogP contribution in [0.3, 0.4) is 0 Å². The molecule has 1 N–H and O–H groups in total. The van der Waals surface area contributed by atoms with Crippen LogP contribution in [0.15, 0.2) is 24.3 Å². The fraction of sp³-hybridized carbons (Fsp3) is 0.556. The second-order valence-electron chi connectivity index (χ2n) is 6.43. The molecule has 22 heavy (non-hydrogen) atoms. The van der Waals surface area contributed by atoms with E-state index in [0.717, 1.165) is 24.9 Å². The van der Waals surface area contributed by atoms with Crippen LogP contribution in [0.1, 0.15) is 54.9 Å². The third-order valence-electron chi connectivity index (χ3n) is 4.41. The fourth-order valence-corrected chi connectivity index (χ4v) is 2.92. The molecular formula is C18H25NO3. The van der Waals surface area contributed by atoms with Crippen molar-refractivity contribution in [2.45, 2.75) is 39.0 Å². The van der Waals surface area contributed by atoms with E-state index in [0.29, 0.717) is 25.4 Å². The minimum absolute atomic E-state index is 0.132. The number of hydrogen-bond acceptors (Lipinski definition) is 3. The lowest BCUT2D eigenvalue weighted by Crippen LogP contribution is -2.39. The number of ketones is 1. The van der Waals surface area contributed by atoms with E-state index >= 15 is 0 Å². The maximum Gasteiger partial charge on any atom is 0.307 e. The molecule has 0 spiro atoms. The number of benzene rings is 1. The van der Waals surface area contributed by atoms with Crippen molar-refractivity contribution < 1.29 is 14.7 Å². The van der Waals surface area contributed by atoms with Gasteiger partial charge < -0.3 is 10.0 Å². The zero-order chi connectivity index (χ0) is 16.1. The van der Waals surface area contributed by atoms with Gasteiger partial charge in [-0.2, -0.15) is 0 Å². The highest BCUT2D eigenvalue weighted by Gasteiger charge is 2.25. The molecule has 0 bridgehead atoms. The van der Waals surface area contributed by atoms with Crippen LogP contribution in [-0.2, 0) is 4.79 Å². The molecule has 4 nitrogen and oxygen atoms in total. The summed E-state index contributed by atoms with van der Waals surface area (Å²) in [5.41, 5.74) is 1.98. The van der Waals surface area contributed by atoms with Crippen molar-refractivity contribution in [3.8, 4) is 0 Å². The molecule has 2 rings (SSSR count). The van der Waals surface area contributed by atoms with E-state index in [1.165, 1.54) is 5.56 Å². The van der Waals surface area contributed by atoms with Crippen molar-refractivity contribution in [3.63, 3.8) is 0 Å². The van der Waals surface area contributed by atoms with E-state index in [1.807, 2.05) is 24.3 Å². The molecule has 0 aliphatic carbocycles. The predicted octanol–water partition coefficient (Wildman–Crippen LogP) is 3.18. The molecule has 120 valence electrons. The Hall–Kier alpha value is -1.68. The van der Waals surface area contributed by atoms with Crippen LogP contribution in [0, 0.1) is 5.92 Å². The zero-order valence-electron chi connectivity index (χ0n) is 13.4. The number of rotatable bonds is 6. The summed E-state index contributed by atoms with van der Waals surface area (Å²) in [6.07, 6.45) is 2.10. The van der Waals surface area contributed by atoms with Gasteiger partial charge in [0.25, 0.3) is 0 Å². The molecule has 1 saturated heterocycles. The minimum atomic E-state index is -0.722. The highest BCUT2D eigenvalue weighted by molar-refractivity contribution is 5.96. The van der Waals surface area contributed by atoms with Gasteiger partial charge >= 0.3 is 5.97 Å². The molecule has 1 fully saturated rings. The molecule has 1 atom stereocenters. The first-order valence-corrected chi connectivity index (χ1v) is 8.05. The Balaban J connectivity index is 1.85. The molecule has 0 saturated carbocycles. The Morgan fingerprint density at radius 1 is 1.27 bits per heavy atom. The van der Waals surface area contributed by atoms with E-state index in [9.17, 15) is 9.59 Å². The maximum absolute atomic E-state index is 12.2. The minimum Gasteiger partial charge on any atom is -0.481 e. The Bertz CT molecular complexity index is 522. The van der Waals surface area contributed by atoms with Crippen LogP contribution in [-0.4, -0.2) is 41.4 Å². The van der Waals surface area contributed by atoms with Crippen LogP contribution in [0.25, 0.3) is 0 Å². The second-order valence-corrected chi connectivity index (χ2v) is 6.43. The average Bonchev–Trinajstić information content (AvgIpc) is 2.53. The number of carboxylic acid groups (broad SMARTS) is 1. The van der Waals surface area contributed by atoms with Crippen LogP contribution < -0.4 is 0 Å². The largest absolute Gasteiger partial charge is 0.481 e. The van der Waals surface area contributed by atoms with E-state index in [4.69, 9.17) is 5.11 Å². The number of Topliss-reactive ketones (excluding diaryl/α,β-unsaturated/α-hetero) is 1. The van der Waals surface area contributed by atoms with Gasteiger partial charge in [-0.1, -0.05) is 38.1 Å². The Kier molecular flexibility index (Phi) is 5.72. The summed E-state index contributed by atoms with van der Waals surface area (Å²) in [4.78, 5) is 25.4. The number of hydrogen-bond donors (Lipinski definition) is 1. The van der Waals surface area contributed by atoms with E-state index in [2.05, 4.69) is 18.7 Å². The van der Waals surface area contributed by atoms with E-state index in [-0.39, 0.29) is 11.7 Å². The van der Waals surface area contributed by atoms with Crippen molar-refractivity contribution >= 4 is 11.8 Å². The van der Waals surface area contributed by atoms with Gasteiger partial charge in [-0.25, -0.2) is 0 Å². The van der Waals surface area contributed by atoms with Crippen LogP contribution in [0.4, 0.5) is 0 Å². The molecule has 0 radical (unpaired) electrons. The summed E-state index contributed by atoms with van der Waals surface area (Å²) in [6, 6.07) is 7.82. The molecule has 0 amide bonds. The summed E-state index contributed by atoms with van der Waals surface area (Å²) in [5.74, 6) is -0.410. The maximum atomic E-state index is 12.2. The highest BCUT2D eigenvalue weighted by atomic mass is 16.4. The zero-order valence-corrected chi connectivity index (χ0v) is 13.4. The van der Waals surface area contributed by atoms with Gasteiger partial charge in [0.05, 0.1) is 5.92 Å². The first kappa shape index (κ1) is 16.7. The van der Waals surface area contributed by atoms with E-state index in [1.54, 1.807) is 0 Å². The van der Waals surface area contributed by atoms with Gasteiger partial charge in [-0.15, -0.1) is 0 Å². The molecular weight excluding hydrogens is 278 g/mol. The summed E-state index contributed by atoms with van der Waals surface area (Å²) in [5, 5.41) is 9.09. The number of likely N-dealkylation sites (tertiary alicyclic amines) is 1. The first-order chi connectivity index (χ1) is 10.5. The Morgan fingerprint density at radius 2 is 1.95 bits per heavy atom.